The van der Waals surface area contributed by atoms with E-state index >= 15 is 0 Å². The van der Waals surface area contributed by atoms with Gasteiger partial charge in [0, 0.05) is 5.69 Å². The Bertz CT molecular complexity index is 1210. The molecule has 0 aliphatic heterocycles. The van der Waals surface area contributed by atoms with Gasteiger partial charge < -0.3 is 19.5 Å². The molecule has 0 aliphatic carbocycles. The van der Waals surface area contributed by atoms with E-state index in [2.05, 4.69) is 5.32 Å². The molecule has 0 aliphatic rings. The molecule has 0 unspecified atom stereocenters. The normalized spacial score (nSPS) is 11.6. The number of ether oxygens (including phenoxy) is 3. The minimum atomic E-state index is -0.289. The topological polar surface area (TPSA) is 56.8 Å². The fraction of sp³-hybridized carbons (Fsp3) is 0.179. The zero-order valence-corrected chi connectivity index (χ0v) is 18.8. The van der Waals surface area contributed by atoms with Gasteiger partial charge in [0.05, 0.1) is 13.0 Å². The van der Waals surface area contributed by atoms with Crippen molar-refractivity contribution in [1.29, 1.82) is 0 Å². The average molecular weight is 442 g/mol. The molecular formula is C28H27NO4. The number of fused-ring (bicyclic) bond motifs is 1. The first-order chi connectivity index (χ1) is 16.1. The van der Waals surface area contributed by atoms with Crippen molar-refractivity contribution in [3.8, 4) is 17.2 Å². The second kappa shape index (κ2) is 10.6. The molecule has 1 amide bonds. The van der Waals surface area contributed by atoms with Crippen LogP contribution in [-0.4, -0.2) is 26.2 Å². The fourth-order valence-corrected chi connectivity index (χ4v) is 3.51. The first kappa shape index (κ1) is 22.2. The van der Waals surface area contributed by atoms with Crippen LogP contribution in [0, 0.1) is 0 Å². The maximum atomic E-state index is 12.8. The van der Waals surface area contributed by atoms with Crippen molar-refractivity contribution in [1.82, 2.24) is 0 Å². The third-order valence-electron chi connectivity index (χ3n) is 5.45. The van der Waals surface area contributed by atoms with Crippen LogP contribution in [-0.2, 0) is 4.79 Å². The molecule has 0 radical (unpaired) electrons. The SMILES string of the molecule is COc1ccc2cc([C@H](C)C(=O)Nc3ccc(OCCOc4ccccc4)cc3)ccc2c1. The highest BCUT2D eigenvalue weighted by molar-refractivity contribution is 5.96. The largest absolute Gasteiger partial charge is 0.497 e. The zero-order chi connectivity index (χ0) is 23.0. The molecule has 4 rings (SSSR count). The summed E-state index contributed by atoms with van der Waals surface area (Å²) in [7, 11) is 1.65. The summed E-state index contributed by atoms with van der Waals surface area (Å²) < 4.78 is 16.6. The first-order valence-electron chi connectivity index (χ1n) is 10.9. The van der Waals surface area contributed by atoms with Gasteiger partial charge in [-0.05, 0) is 71.8 Å². The summed E-state index contributed by atoms with van der Waals surface area (Å²) in [5.74, 6) is 2.01. The highest BCUT2D eigenvalue weighted by atomic mass is 16.5. The maximum Gasteiger partial charge on any atom is 0.231 e. The van der Waals surface area contributed by atoms with Crippen molar-refractivity contribution in [3.05, 3.63) is 96.6 Å². The molecule has 0 spiro atoms. The summed E-state index contributed by atoms with van der Waals surface area (Å²) in [6.45, 7) is 2.80. The lowest BCUT2D eigenvalue weighted by Crippen LogP contribution is -2.18. The molecule has 4 aromatic carbocycles. The molecule has 0 saturated heterocycles. The van der Waals surface area contributed by atoms with Gasteiger partial charge in [-0.25, -0.2) is 0 Å². The van der Waals surface area contributed by atoms with Crippen LogP contribution in [0.2, 0.25) is 0 Å². The molecule has 5 heteroatoms. The van der Waals surface area contributed by atoms with E-state index in [4.69, 9.17) is 14.2 Å². The molecule has 1 atom stereocenters. The molecular weight excluding hydrogens is 414 g/mol. The van der Waals surface area contributed by atoms with Crippen molar-refractivity contribution in [2.75, 3.05) is 25.6 Å². The van der Waals surface area contributed by atoms with E-state index in [1.54, 1.807) is 7.11 Å². The van der Waals surface area contributed by atoms with Crippen LogP contribution in [0.15, 0.2) is 91.0 Å². The molecule has 0 aromatic heterocycles. The lowest BCUT2D eigenvalue weighted by Gasteiger charge is -2.14. The van der Waals surface area contributed by atoms with Crippen LogP contribution >= 0.6 is 0 Å². The van der Waals surface area contributed by atoms with Gasteiger partial charge in [0.2, 0.25) is 5.91 Å². The zero-order valence-electron chi connectivity index (χ0n) is 18.8. The number of anilines is 1. The van der Waals surface area contributed by atoms with Crippen molar-refractivity contribution in [2.24, 2.45) is 0 Å². The van der Waals surface area contributed by atoms with Gasteiger partial charge in [-0.3, -0.25) is 4.79 Å². The van der Waals surface area contributed by atoms with Crippen LogP contribution < -0.4 is 19.5 Å². The van der Waals surface area contributed by atoms with Gasteiger partial charge in [-0.2, -0.15) is 0 Å². The fourth-order valence-electron chi connectivity index (χ4n) is 3.51. The summed E-state index contributed by atoms with van der Waals surface area (Å²) in [5.41, 5.74) is 1.69. The number of amides is 1. The molecule has 33 heavy (non-hydrogen) atoms. The highest BCUT2D eigenvalue weighted by Crippen LogP contribution is 2.26. The Hall–Kier alpha value is -3.99. The molecule has 0 saturated carbocycles. The Balaban J connectivity index is 1.30. The maximum absolute atomic E-state index is 12.8. The number of carbonyl (C=O) groups excluding carboxylic acids is 1. The van der Waals surface area contributed by atoms with Gasteiger partial charge in [0.15, 0.2) is 0 Å². The van der Waals surface area contributed by atoms with E-state index in [-0.39, 0.29) is 11.8 Å². The number of nitrogens with one attached hydrogen (secondary N) is 1. The smallest absolute Gasteiger partial charge is 0.231 e. The monoisotopic (exact) mass is 441 g/mol. The summed E-state index contributed by atoms with van der Waals surface area (Å²) in [6.07, 6.45) is 0. The van der Waals surface area contributed by atoms with E-state index < -0.39 is 0 Å². The lowest BCUT2D eigenvalue weighted by atomic mass is 9.97. The van der Waals surface area contributed by atoms with Crippen LogP contribution in [0.1, 0.15) is 18.4 Å². The summed E-state index contributed by atoms with van der Waals surface area (Å²) in [6, 6.07) is 29.0. The van der Waals surface area contributed by atoms with E-state index in [0.29, 0.717) is 13.2 Å². The molecule has 168 valence electrons. The minimum Gasteiger partial charge on any atom is -0.497 e. The summed E-state index contributed by atoms with van der Waals surface area (Å²) in [4.78, 5) is 12.8. The van der Waals surface area contributed by atoms with E-state index in [9.17, 15) is 4.79 Å². The third-order valence-corrected chi connectivity index (χ3v) is 5.45. The van der Waals surface area contributed by atoms with Gasteiger partial charge in [0.1, 0.15) is 30.5 Å². The van der Waals surface area contributed by atoms with E-state index in [0.717, 1.165) is 39.3 Å². The highest BCUT2D eigenvalue weighted by Gasteiger charge is 2.16. The van der Waals surface area contributed by atoms with Gasteiger partial charge in [0.25, 0.3) is 0 Å². The molecule has 0 bridgehead atoms. The third kappa shape index (κ3) is 5.83. The predicted molar refractivity (Wildman–Crippen MR) is 131 cm³/mol. The second-order valence-electron chi connectivity index (χ2n) is 7.72. The predicted octanol–water partition coefficient (Wildman–Crippen LogP) is 6.05. The van der Waals surface area contributed by atoms with Crippen molar-refractivity contribution in [3.63, 3.8) is 0 Å². The summed E-state index contributed by atoms with van der Waals surface area (Å²) >= 11 is 0. The number of hydrogen-bond donors (Lipinski definition) is 1. The van der Waals surface area contributed by atoms with Crippen LogP contribution in [0.25, 0.3) is 10.8 Å². The number of rotatable bonds is 9. The number of carbonyl (C=O) groups is 1. The lowest BCUT2D eigenvalue weighted by molar-refractivity contribution is -0.117. The van der Waals surface area contributed by atoms with Crippen LogP contribution in [0.4, 0.5) is 5.69 Å². The van der Waals surface area contributed by atoms with Gasteiger partial charge in [-0.15, -0.1) is 0 Å². The second-order valence-corrected chi connectivity index (χ2v) is 7.72. The summed E-state index contributed by atoms with van der Waals surface area (Å²) in [5, 5.41) is 5.14. The van der Waals surface area contributed by atoms with Gasteiger partial charge >= 0.3 is 0 Å². The van der Waals surface area contributed by atoms with Crippen LogP contribution in [0.5, 0.6) is 17.2 Å². The molecule has 0 fully saturated rings. The molecule has 1 N–H and O–H groups in total. The van der Waals surface area contributed by atoms with E-state index in [1.165, 1.54) is 0 Å². The number of benzene rings is 4. The minimum absolute atomic E-state index is 0.0622. The molecule has 4 aromatic rings. The van der Waals surface area contributed by atoms with Crippen LogP contribution in [0.3, 0.4) is 0 Å². The molecule has 0 heterocycles. The Morgan fingerprint density at radius 2 is 1.36 bits per heavy atom. The van der Waals surface area contributed by atoms with Crippen molar-refractivity contribution in [2.45, 2.75) is 12.8 Å². The Morgan fingerprint density at radius 1 is 0.758 bits per heavy atom. The van der Waals surface area contributed by atoms with Gasteiger partial charge in [-0.1, -0.05) is 42.5 Å². The Kier molecular flexibility index (Phi) is 7.10. The molecule has 5 nitrogen and oxygen atoms in total. The van der Waals surface area contributed by atoms with Crippen molar-refractivity contribution < 1.29 is 19.0 Å². The quantitative estimate of drug-likeness (QED) is 0.321. The number of hydrogen-bond acceptors (Lipinski definition) is 4. The Morgan fingerprint density at radius 3 is 2.06 bits per heavy atom. The Labute approximate surface area is 193 Å². The number of methoxy groups -OCH3 is 1. The standard InChI is InChI=1S/C28H27NO4/c1-20(21-8-9-23-19-27(31-2)13-10-22(23)18-21)28(30)29-24-11-14-26(15-12-24)33-17-16-32-25-6-4-3-5-7-25/h3-15,18-20H,16-17H2,1-2H3,(H,29,30)/t20-/m0/s1. The number of para-hydroxylation sites is 1. The van der Waals surface area contributed by atoms with Crippen molar-refractivity contribution >= 4 is 22.4 Å². The van der Waals surface area contributed by atoms with E-state index in [1.807, 2.05) is 97.9 Å². The first-order valence-corrected chi connectivity index (χ1v) is 10.9. The average Bonchev–Trinajstić information content (AvgIpc) is 2.87.